The standard InChI is InChI=1S/C33H24ClN3O3/c34-22-17-14-21(15-18-22)30(38)28-29(31(39)35-23-9-2-1-3-10-23)37-26-13-7-4-8-20(26)16-19-27(37)33(28)24-11-5-6-12-25(24)36-32(33)40/h1-19,27-29H,(H,35,39)(H,36,40)/t27-,28-,29-,33-/m1/s1. The highest BCUT2D eigenvalue weighted by atomic mass is 35.5. The van der Waals surface area contributed by atoms with Crippen LogP contribution in [-0.2, 0) is 15.0 Å². The molecule has 0 bridgehead atoms. The van der Waals surface area contributed by atoms with E-state index in [2.05, 4.69) is 10.6 Å². The Bertz CT molecular complexity index is 1700. The van der Waals surface area contributed by atoms with E-state index in [0.29, 0.717) is 27.5 Å². The number of anilines is 3. The van der Waals surface area contributed by atoms with Gasteiger partial charge in [-0.1, -0.05) is 78.4 Å². The highest BCUT2D eigenvalue weighted by Gasteiger charge is 2.70. The van der Waals surface area contributed by atoms with Gasteiger partial charge in [0.1, 0.15) is 11.5 Å². The van der Waals surface area contributed by atoms with Crippen LogP contribution in [0.4, 0.5) is 17.1 Å². The highest BCUT2D eigenvalue weighted by Crippen LogP contribution is 2.57. The van der Waals surface area contributed by atoms with E-state index in [4.69, 9.17) is 11.6 Å². The van der Waals surface area contributed by atoms with Gasteiger partial charge in [-0.3, -0.25) is 14.4 Å². The van der Waals surface area contributed by atoms with Crippen LogP contribution in [0.25, 0.3) is 6.08 Å². The Morgan fingerprint density at radius 2 is 1.55 bits per heavy atom. The van der Waals surface area contributed by atoms with Gasteiger partial charge in [-0.15, -0.1) is 0 Å². The molecule has 3 heterocycles. The minimum absolute atomic E-state index is 0.294. The van der Waals surface area contributed by atoms with Crippen LogP contribution in [0, 0.1) is 5.92 Å². The van der Waals surface area contributed by atoms with Crippen LogP contribution in [-0.4, -0.2) is 29.7 Å². The van der Waals surface area contributed by atoms with Gasteiger partial charge in [0.15, 0.2) is 5.78 Å². The van der Waals surface area contributed by atoms with Crippen LogP contribution in [0.2, 0.25) is 5.02 Å². The number of para-hydroxylation sites is 3. The molecule has 2 N–H and O–H groups in total. The summed E-state index contributed by atoms with van der Waals surface area (Å²) in [5.74, 6) is -1.99. The van der Waals surface area contributed by atoms with Crippen molar-refractivity contribution in [3.63, 3.8) is 0 Å². The molecule has 0 unspecified atom stereocenters. The molecule has 1 saturated heterocycles. The van der Waals surface area contributed by atoms with Gasteiger partial charge in [-0.25, -0.2) is 0 Å². The number of nitrogens with zero attached hydrogens (tertiary/aromatic N) is 1. The second-order valence-corrected chi connectivity index (χ2v) is 10.7. The van der Waals surface area contributed by atoms with Crippen molar-refractivity contribution in [2.24, 2.45) is 5.92 Å². The maximum atomic E-state index is 14.6. The maximum absolute atomic E-state index is 14.6. The average Bonchev–Trinajstić information content (AvgIpc) is 3.46. The summed E-state index contributed by atoms with van der Waals surface area (Å²) in [6.07, 6.45) is 3.94. The fraction of sp³-hybridized carbons (Fsp3) is 0.121. The molecule has 0 radical (unpaired) electrons. The lowest BCUT2D eigenvalue weighted by Crippen LogP contribution is -2.51. The van der Waals surface area contributed by atoms with Gasteiger partial charge >= 0.3 is 0 Å². The fourth-order valence-electron chi connectivity index (χ4n) is 6.65. The van der Waals surface area contributed by atoms with Crippen molar-refractivity contribution in [1.82, 2.24) is 0 Å². The second kappa shape index (κ2) is 9.21. The van der Waals surface area contributed by atoms with Crippen molar-refractivity contribution in [1.29, 1.82) is 0 Å². The van der Waals surface area contributed by atoms with Gasteiger partial charge in [0, 0.05) is 27.6 Å². The highest BCUT2D eigenvalue weighted by molar-refractivity contribution is 6.30. The molecule has 1 spiro atoms. The molecule has 40 heavy (non-hydrogen) atoms. The lowest BCUT2D eigenvalue weighted by atomic mass is 9.64. The summed E-state index contributed by atoms with van der Waals surface area (Å²) >= 11 is 6.15. The van der Waals surface area contributed by atoms with E-state index < -0.39 is 23.4 Å². The molecule has 4 atom stereocenters. The number of fused-ring (bicyclic) bond motifs is 6. The number of halogens is 1. The first-order valence-corrected chi connectivity index (χ1v) is 13.5. The first kappa shape index (κ1) is 24.4. The number of benzene rings is 4. The molecule has 2 amide bonds. The quantitative estimate of drug-likeness (QED) is 0.311. The van der Waals surface area contributed by atoms with E-state index in [1.165, 1.54) is 0 Å². The lowest BCUT2D eigenvalue weighted by Gasteiger charge is -2.37. The van der Waals surface area contributed by atoms with Crippen molar-refractivity contribution in [2.75, 3.05) is 15.5 Å². The number of carbonyl (C=O) groups excluding carboxylic acids is 3. The van der Waals surface area contributed by atoms with E-state index in [-0.39, 0.29) is 17.6 Å². The van der Waals surface area contributed by atoms with E-state index in [1.54, 1.807) is 36.4 Å². The second-order valence-electron chi connectivity index (χ2n) is 10.3. The van der Waals surface area contributed by atoms with Gasteiger partial charge in [0.25, 0.3) is 0 Å². The van der Waals surface area contributed by atoms with Crippen LogP contribution in [0.5, 0.6) is 0 Å². The molecule has 0 aromatic heterocycles. The molecule has 0 saturated carbocycles. The summed E-state index contributed by atoms with van der Waals surface area (Å²) in [6.45, 7) is 0. The largest absolute Gasteiger partial charge is 0.350 e. The number of Topliss-reactive ketones (excluding diaryl/α,β-unsaturated/α-hetero) is 1. The third-order valence-corrected chi connectivity index (χ3v) is 8.52. The molecule has 3 aliphatic heterocycles. The number of rotatable bonds is 4. The summed E-state index contributed by atoms with van der Waals surface area (Å²) in [6, 6.07) is 29.4. The first-order valence-electron chi connectivity index (χ1n) is 13.1. The molecular weight excluding hydrogens is 522 g/mol. The molecule has 0 aliphatic carbocycles. The Labute approximate surface area is 236 Å². The Hall–Kier alpha value is -4.68. The van der Waals surface area contributed by atoms with Crippen LogP contribution >= 0.6 is 11.6 Å². The molecule has 4 aromatic carbocycles. The van der Waals surface area contributed by atoms with Crippen LogP contribution in [0.15, 0.2) is 109 Å². The van der Waals surface area contributed by atoms with E-state index in [1.807, 2.05) is 83.8 Å². The summed E-state index contributed by atoms with van der Waals surface area (Å²) in [7, 11) is 0. The summed E-state index contributed by atoms with van der Waals surface area (Å²) < 4.78 is 0. The number of nitrogens with one attached hydrogen (secondary N) is 2. The number of amides is 2. The van der Waals surface area contributed by atoms with Crippen molar-refractivity contribution in [2.45, 2.75) is 17.5 Å². The van der Waals surface area contributed by atoms with E-state index in [9.17, 15) is 14.4 Å². The van der Waals surface area contributed by atoms with Gasteiger partial charge < -0.3 is 15.5 Å². The lowest BCUT2D eigenvalue weighted by molar-refractivity contribution is -0.122. The normalized spacial score (nSPS) is 23.8. The molecule has 7 rings (SSSR count). The van der Waals surface area contributed by atoms with Gasteiger partial charge in [-0.05, 0) is 59.7 Å². The number of carbonyl (C=O) groups is 3. The van der Waals surface area contributed by atoms with Crippen molar-refractivity contribution >= 4 is 52.3 Å². The number of hydrogen-bond donors (Lipinski definition) is 2. The Kier molecular flexibility index (Phi) is 5.61. The zero-order valence-corrected chi connectivity index (χ0v) is 22.0. The molecule has 1 fully saturated rings. The van der Waals surface area contributed by atoms with Crippen molar-refractivity contribution in [3.05, 3.63) is 131 Å². The first-order chi connectivity index (χ1) is 19.5. The van der Waals surface area contributed by atoms with Gasteiger partial charge in [-0.2, -0.15) is 0 Å². The fourth-order valence-corrected chi connectivity index (χ4v) is 6.78. The third-order valence-electron chi connectivity index (χ3n) is 8.26. The van der Waals surface area contributed by atoms with Gasteiger partial charge in [0.2, 0.25) is 11.8 Å². The zero-order valence-electron chi connectivity index (χ0n) is 21.3. The topological polar surface area (TPSA) is 78.5 Å². The molecule has 6 nitrogen and oxygen atoms in total. The minimum atomic E-state index is -1.35. The van der Waals surface area contributed by atoms with E-state index >= 15 is 0 Å². The minimum Gasteiger partial charge on any atom is -0.350 e. The predicted molar refractivity (Wildman–Crippen MR) is 157 cm³/mol. The zero-order chi connectivity index (χ0) is 27.4. The smallest absolute Gasteiger partial charge is 0.247 e. The summed E-state index contributed by atoms with van der Waals surface area (Å²) in [5, 5.41) is 6.56. The monoisotopic (exact) mass is 545 g/mol. The Morgan fingerprint density at radius 3 is 2.35 bits per heavy atom. The van der Waals surface area contributed by atoms with E-state index in [0.717, 1.165) is 11.3 Å². The summed E-state index contributed by atoms with van der Waals surface area (Å²) in [5.41, 5.74) is 2.72. The van der Waals surface area contributed by atoms with Crippen LogP contribution in [0.3, 0.4) is 0 Å². The molecular formula is C33H24ClN3O3. The maximum Gasteiger partial charge on any atom is 0.247 e. The van der Waals surface area contributed by atoms with Gasteiger partial charge in [0.05, 0.1) is 12.0 Å². The Balaban J connectivity index is 1.49. The average molecular weight is 546 g/mol. The van der Waals surface area contributed by atoms with Crippen molar-refractivity contribution in [3.8, 4) is 0 Å². The third kappa shape index (κ3) is 3.46. The SMILES string of the molecule is O=C(Nc1ccccc1)[C@H]1[C@H](C(=O)c2ccc(Cl)cc2)[C@]2(C(=O)Nc3ccccc32)[C@H]2C=Cc3ccccc3N12. The molecule has 7 heteroatoms. The summed E-state index contributed by atoms with van der Waals surface area (Å²) in [4.78, 5) is 45.2. The van der Waals surface area contributed by atoms with Crippen molar-refractivity contribution < 1.29 is 14.4 Å². The predicted octanol–water partition coefficient (Wildman–Crippen LogP) is 5.95. The van der Waals surface area contributed by atoms with Crippen LogP contribution < -0.4 is 15.5 Å². The number of ketones is 1. The number of hydrogen-bond acceptors (Lipinski definition) is 4. The Morgan fingerprint density at radius 1 is 0.850 bits per heavy atom. The molecule has 4 aromatic rings. The molecule has 196 valence electrons. The molecule has 3 aliphatic rings. The van der Waals surface area contributed by atoms with Crippen LogP contribution in [0.1, 0.15) is 21.5 Å².